The molecule has 0 aliphatic carbocycles. The number of halogens is 2. The summed E-state index contributed by atoms with van der Waals surface area (Å²) in [5, 5.41) is 14.4. The number of nitrogens with one attached hydrogen (secondary N) is 2. The highest BCUT2D eigenvalue weighted by Gasteiger charge is 2.20. The summed E-state index contributed by atoms with van der Waals surface area (Å²) >= 11 is 0. The SMILES string of the molecule is CCNCCCNC(=O)c1cc(F)c(F)cc1C(=O)O. The van der Waals surface area contributed by atoms with Crippen molar-refractivity contribution < 1.29 is 23.5 Å². The van der Waals surface area contributed by atoms with E-state index in [1.54, 1.807) is 0 Å². The fourth-order valence-corrected chi connectivity index (χ4v) is 1.60. The van der Waals surface area contributed by atoms with Crippen LogP contribution in [0.15, 0.2) is 12.1 Å². The summed E-state index contributed by atoms with van der Waals surface area (Å²) in [5.74, 6) is -4.78. The van der Waals surface area contributed by atoms with Crippen LogP contribution in [0, 0.1) is 11.6 Å². The van der Waals surface area contributed by atoms with Crippen molar-refractivity contribution in [2.24, 2.45) is 0 Å². The lowest BCUT2D eigenvalue weighted by Gasteiger charge is -2.08. The van der Waals surface area contributed by atoms with Crippen molar-refractivity contribution in [2.45, 2.75) is 13.3 Å². The van der Waals surface area contributed by atoms with E-state index in [2.05, 4.69) is 10.6 Å². The molecule has 20 heavy (non-hydrogen) atoms. The Hall–Kier alpha value is -2.02. The Morgan fingerprint density at radius 2 is 1.75 bits per heavy atom. The largest absolute Gasteiger partial charge is 0.478 e. The zero-order valence-electron chi connectivity index (χ0n) is 11.0. The first kappa shape index (κ1) is 16.0. The van der Waals surface area contributed by atoms with Gasteiger partial charge < -0.3 is 15.7 Å². The molecule has 3 N–H and O–H groups in total. The third-order valence-corrected chi connectivity index (χ3v) is 2.60. The van der Waals surface area contributed by atoms with E-state index in [4.69, 9.17) is 5.11 Å². The highest BCUT2D eigenvalue weighted by Crippen LogP contribution is 2.15. The topological polar surface area (TPSA) is 78.4 Å². The monoisotopic (exact) mass is 286 g/mol. The number of hydrogen-bond donors (Lipinski definition) is 3. The first-order valence-corrected chi connectivity index (χ1v) is 6.18. The van der Waals surface area contributed by atoms with Crippen LogP contribution in [0.4, 0.5) is 8.78 Å². The van der Waals surface area contributed by atoms with E-state index in [1.807, 2.05) is 6.92 Å². The summed E-state index contributed by atoms with van der Waals surface area (Å²) in [6.07, 6.45) is 0.645. The molecule has 0 aliphatic heterocycles. The maximum absolute atomic E-state index is 13.1. The van der Waals surface area contributed by atoms with Crippen LogP contribution in [0.1, 0.15) is 34.1 Å². The van der Waals surface area contributed by atoms with Gasteiger partial charge in [-0.3, -0.25) is 4.79 Å². The highest BCUT2D eigenvalue weighted by molar-refractivity contribution is 6.04. The maximum atomic E-state index is 13.1. The highest BCUT2D eigenvalue weighted by atomic mass is 19.2. The van der Waals surface area contributed by atoms with Crippen molar-refractivity contribution in [3.05, 3.63) is 34.9 Å². The van der Waals surface area contributed by atoms with Gasteiger partial charge in [-0.1, -0.05) is 6.92 Å². The molecular weight excluding hydrogens is 270 g/mol. The number of carboxylic acid groups (broad SMARTS) is 1. The van der Waals surface area contributed by atoms with E-state index >= 15 is 0 Å². The van der Waals surface area contributed by atoms with Crippen LogP contribution < -0.4 is 10.6 Å². The molecule has 0 atom stereocenters. The van der Waals surface area contributed by atoms with E-state index in [0.717, 1.165) is 6.54 Å². The van der Waals surface area contributed by atoms with Gasteiger partial charge in [-0.2, -0.15) is 0 Å². The molecule has 0 fully saturated rings. The third-order valence-electron chi connectivity index (χ3n) is 2.60. The summed E-state index contributed by atoms with van der Waals surface area (Å²) in [7, 11) is 0. The Labute approximate surface area is 115 Å². The smallest absolute Gasteiger partial charge is 0.336 e. The van der Waals surface area contributed by atoms with E-state index in [1.165, 1.54) is 0 Å². The predicted octanol–water partition coefficient (Wildman–Crippen LogP) is 1.39. The van der Waals surface area contributed by atoms with Gasteiger partial charge in [0.2, 0.25) is 0 Å². The summed E-state index contributed by atoms with van der Waals surface area (Å²) in [5.41, 5.74) is -0.951. The lowest BCUT2D eigenvalue weighted by Crippen LogP contribution is -2.29. The Bertz CT molecular complexity index is 507. The molecule has 1 aromatic carbocycles. The molecule has 0 heterocycles. The molecule has 0 aromatic heterocycles. The van der Waals surface area contributed by atoms with Crippen molar-refractivity contribution >= 4 is 11.9 Å². The van der Waals surface area contributed by atoms with Crippen LogP contribution in [0.25, 0.3) is 0 Å². The van der Waals surface area contributed by atoms with Crippen LogP contribution in [-0.2, 0) is 0 Å². The number of benzene rings is 1. The summed E-state index contributed by atoms with van der Waals surface area (Å²) in [6.45, 7) is 3.75. The molecule has 5 nitrogen and oxygen atoms in total. The average Bonchev–Trinajstić information content (AvgIpc) is 2.40. The number of carbonyl (C=O) groups excluding carboxylic acids is 1. The van der Waals surface area contributed by atoms with Crippen LogP contribution in [0.5, 0.6) is 0 Å². The molecule has 1 rings (SSSR count). The molecule has 0 aliphatic rings. The van der Waals surface area contributed by atoms with Gasteiger partial charge >= 0.3 is 5.97 Å². The molecule has 0 bridgehead atoms. The number of carbonyl (C=O) groups is 2. The minimum Gasteiger partial charge on any atom is -0.478 e. The molecule has 1 aromatic rings. The summed E-state index contributed by atoms with van der Waals surface area (Å²) in [4.78, 5) is 22.7. The van der Waals surface area contributed by atoms with Crippen LogP contribution in [0.2, 0.25) is 0 Å². The standard InChI is InChI=1S/C13H16F2N2O3/c1-2-16-4-3-5-17-12(18)8-6-10(14)11(15)7-9(8)13(19)20/h6-7,16H,2-5H2,1H3,(H,17,18)(H,19,20). The average molecular weight is 286 g/mol. The van der Waals surface area contributed by atoms with Crippen LogP contribution in [-0.4, -0.2) is 36.6 Å². The van der Waals surface area contributed by atoms with E-state index in [9.17, 15) is 18.4 Å². The fraction of sp³-hybridized carbons (Fsp3) is 0.385. The van der Waals surface area contributed by atoms with Gasteiger partial charge in [0, 0.05) is 6.54 Å². The van der Waals surface area contributed by atoms with Crippen LogP contribution >= 0.6 is 0 Å². The molecule has 0 saturated heterocycles. The molecule has 0 radical (unpaired) electrons. The number of carboxylic acids is 1. The Kier molecular flexibility index (Phi) is 6.05. The van der Waals surface area contributed by atoms with Gasteiger partial charge in [0.15, 0.2) is 11.6 Å². The van der Waals surface area contributed by atoms with Gasteiger partial charge in [0.25, 0.3) is 5.91 Å². The van der Waals surface area contributed by atoms with Crippen molar-refractivity contribution in [2.75, 3.05) is 19.6 Å². The number of aromatic carboxylic acids is 1. The minimum atomic E-state index is -1.48. The third kappa shape index (κ3) is 4.27. The zero-order valence-corrected chi connectivity index (χ0v) is 11.0. The van der Waals surface area contributed by atoms with Crippen molar-refractivity contribution in [1.29, 1.82) is 0 Å². The predicted molar refractivity (Wildman–Crippen MR) is 68.8 cm³/mol. The Balaban J connectivity index is 2.76. The van der Waals surface area contributed by atoms with Gasteiger partial charge in [0.1, 0.15) is 0 Å². The second-order valence-electron chi connectivity index (χ2n) is 4.08. The van der Waals surface area contributed by atoms with Gasteiger partial charge in [0.05, 0.1) is 11.1 Å². The van der Waals surface area contributed by atoms with E-state index in [-0.39, 0.29) is 5.56 Å². The van der Waals surface area contributed by atoms with Gasteiger partial charge in [-0.25, -0.2) is 13.6 Å². The molecule has 110 valence electrons. The van der Waals surface area contributed by atoms with E-state index < -0.39 is 29.1 Å². The molecular formula is C13H16F2N2O3. The summed E-state index contributed by atoms with van der Waals surface area (Å²) < 4.78 is 26.1. The number of amides is 1. The van der Waals surface area contributed by atoms with Gasteiger partial charge in [-0.15, -0.1) is 0 Å². The van der Waals surface area contributed by atoms with Crippen LogP contribution in [0.3, 0.4) is 0 Å². The Morgan fingerprint density at radius 1 is 1.15 bits per heavy atom. The minimum absolute atomic E-state index is 0.309. The van der Waals surface area contributed by atoms with Crippen molar-refractivity contribution in [3.8, 4) is 0 Å². The van der Waals surface area contributed by atoms with Crippen molar-refractivity contribution in [3.63, 3.8) is 0 Å². The van der Waals surface area contributed by atoms with Crippen molar-refractivity contribution in [1.82, 2.24) is 10.6 Å². The quantitative estimate of drug-likeness (QED) is 0.662. The fourth-order valence-electron chi connectivity index (χ4n) is 1.60. The molecule has 0 unspecified atom stereocenters. The Morgan fingerprint density at radius 3 is 2.30 bits per heavy atom. The second kappa shape index (κ2) is 7.54. The molecule has 0 spiro atoms. The first-order valence-electron chi connectivity index (χ1n) is 6.18. The zero-order chi connectivity index (χ0) is 15.1. The normalized spacial score (nSPS) is 10.3. The van der Waals surface area contributed by atoms with Gasteiger partial charge in [-0.05, 0) is 31.6 Å². The lowest BCUT2D eigenvalue weighted by molar-refractivity contribution is 0.0690. The lowest BCUT2D eigenvalue weighted by atomic mass is 10.1. The number of rotatable bonds is 7. The maximum Gasteiger partial charge on any atom is 0.336 e. The second-order valence-corrected chi connectivity index (χ2v) is 4.08. The summed E-state index contributed by atoms with van der Waals surface area (Å²) in [6, 6.07) is 1.10. The number of hydrogen-bond acceptors (Lipinski definition) is 3. The molecule has 0 saturated carbocycles. The molecule has 7 heteroatoms. The first-order chi connectivity index (χ1) is 9.47. The molecule has 1 amide bonds. The van der Waals surface area contributed by atoms with E-state index in [0.29, 0.717) is 31.6 Å².